The Morgan fingerprint density at radius 2 is 1.39 bits per heavy atom. The normalized spacial score (nSPS) is 28.6. The lowest BCUT2D eigenvalue weighted by Gasteiger charge is -2.32. The van der Waals surface area contributed by atoms with Gasteiger partial charge in [0.1, 0.15) is 0 Å². The van der Waals surface area contributed by atoms with Crippen LogP contribution in [-0.2, 0) is 6.42 Å². The van der Waals surface area contributed by atoms with Crippen molar-refractivity contribution in [3.8, 4) is 0 Å². The second-order valence-electron chi connectivity index (χ2n) is 9.62. The molecule has 0 aliphatic heterocycles. The minimum absolute atomic E-state index is 0.725. The molecule has 0 spiro atoms. The van der Waals surface area contributed by atoms with Crippen molar-refractivity contribution in [1.82, 2.24) is 0 Å². The zero-order valence-electron chi connectivity index (χ0n) is 18.1. The van der Waals surface area contributed by atoms with Gasteiger partial charge in [0.05, 0.1) is 6.33 Å². The maximum atomic E-state index is 12.2. The Kier molecular flexibility index (Phi) is 9.09. The molecule has 2 saturated carbocycles. The fourth-order valence-electron chi connectivity index (χ4n) is 5.59. The molecule has 1 heteroatoms. The second-order valence-corrected chi connectivity index (χ2v) is 9.62. The largest absolute Gasteiger partial charge is 0.216 e. The molecule has 0 saturated heterocycles. The SMILES string of the molecule is CCCCc1ccc(C2CCC(CCC3CCC(C/C=C/F)CC3)CC2)cc1. The van der Waals surface area contributed by atoms with E-state index in [0.29, 0.717) is 0 Å². The Morgan fingerprint density at radius 1 is 0.821 bits per heavy atom. The van der Waals surface area contributed by atoms with Crippen LogP contribution >= 0.6 is 0 Å². The number of rotatable bonds is 9. The number of benzene rings is 1. The minimum Gasteiger partial charge on any atom is -0.216 e. The fraction of sp³-hybridized carbons (Fsp3) is 0.704. The molecule has 156 valence electrons. The standard InChI is InChI=1S/C27H41F/c1-2-3-5-22-13-17-26(18-14-22)27-19-15-25(16-20-27)12-11-24-9-7-23(8-10-24)6-4-21-28/h4,13-14,17-18,21,23-25,27H,2-3,5-12,15-16,19-20H2,1H3/b21-4+. The number of hydrogen-bond donors (Lipinski definition) is 0. The summed E-state index contributed by atoms with van der Waals surface area (Å²) in [5.41, 5.74) is 3.09. The van der Waals surface area contributed by atoms with Crippen molar-refractivity contribution in [2.75, 3.05) is 0 Å². The van der Waals surface area contributed by atoms with E-state index in [4.69, 9.17) is 0 Å². The minimum atomic E-state index is 0.725. The number of allylic oxidation sites excluding steroid dienone is 1. The molecule has 2 aliphatic carbocycles. The Labute approximate surface area is 173 Å². The summed E-state index contributed by atoms with van der Waals surface area (Å²) in [7, 11) is 0. The first-order valence-corrected chi connectivity index (χ1v) is 12.1. The van der Waals surface area contributed by atoms with E-state index in [-0.39, 0.29) is 0 Å². The van der Waals surface area contributed by atoms with Gasteiger partial charge in [0.25, 0.3) is 0 Å². The Hall–Kier alpha value is -1.11. The molecule has 3 rings (SSSR count). The number of unbranched alkanes of at least 4 members (excludes halogenated alkanes) is 1. The van der Waals surface area contributed by atoms with Crippen molar-refractivity contribution in [1.29, 1.82) is 0 Å². The van der Waals surface area contributed by atoms with Crippen LogP contribution in [0.3, 0.4) is 0 Å². The first-order valence-electron chi connectivity index (χ1n) is 12.1. The van der Waals surface area contributed by atoms with E-state index >= 15 is 0 Å². The van der Waals surface area contributed by atoms with Gasteiger partial charge >= 0.3 is 0 Å². The van der Waals surface area contributed by atoms with Gasteiger partial charge in [-0.05, 0) is 92.6 Å². The molecule has 2 aliphatic rings. The van der Waals surface area contributed by atoms with Gasteiger partial charge < -0.3 is 0 Å². The van der Waals surface area contributed by atoms with Crippen LogP contribution in [0.2, 0.25) is 0 Å². The summed E-state index contributed by atoms with van der Waals surface area (Å²) in [6.45, 7) is 2.27. The zero-order valence-corrected chi connectivity index (χ0v) is 18.1. The first kappa shape index (κ1) is 21.6. The highest BCUT2D eigenvalue weighted by Gasteiger charge is 2.25. The predicted molar refractivity (Wildman–Crippen MR) is 119 cm³/mol. The topological polar surface area (TPSA) is 0 Å². The highest BCUT2D eigenvalue weighted by molar-refractivity contribution is 5.26. The van der Waals surface area contributed by atoms with E-state index in [0.717, 1.165) is 36.4 Å². The molecule has 0 atom stereocenters. The molecule has 0 unspecified atom stereocenters. The number of halogens is 1. The summed E-state index contributed by atoms with van der Waals surface area (Å²) >= 11 is 0. The molecular formula is C27H41F. The van der Waals surface area contributed by atoms with Gasteiger partial charge in [-0.3, -0.25) is 0 Å². The van der Waals surface area contributed by atoms with Crippen molar-refractivity contribution in [2.45, 2.75) is 103 Å². The predicted octanol–water partition coefficient (Wildman–Crippen LogP) is 8.76. The molecule has 1 aromatic rings. The van der Waals surface area contributed by atoms with Crippen LogP contribution < -0.4 is 0 Å². The maximum Gasteiger partial charge on any atom is 0.0827 e. The summed E-state index contributed by atoms with van der Waals surface area (Å²) in [6, 6.07) is 9.56. The third-order valence-electron chi connectivity index (χ3n) is 7.62. The molecule has 2 fully saturated rings. The monoisotopic (exact) mass is 384 g/mol. The summed E-state index contributed by atoms with van der Waals surface area (Å²) < 4.78 is 12.2. The highest BCUT2D eigenvalue weighted by atomic mass is 19.1. The van der Waals surface area contributed by atoms with Crippen LogP contribution in [0.1, 0.15) is 107 Å². The van der Waals surface area contributed by atoms with E-state index < -0.39 is 0 Å². The molecule has 28 heavy (non-hydrogen) atoms. The van der Waals surface area contributed by atoms with Crippen molar-refractivity contribution in [2.24, 2.45) is 17.8 Å². The van der Waals surface area contributed by atoms with Crippen LogP contribution in [-0.4, -0.2) is 0 Å². The van der Waals surface area contributed by atoms with E-state index in [1.165, 1.54) is 89.0 Å². The van der Waals surface area contributed by atoms with Crippen LogP contribution in [0.5, 0.6) is 0 Å². The van der Waals surface area contributed by atoms with Gasteiger partial charge in [-0.25, -0.2) is 4.39 Å². The van der Waals surface area contributed by atoms with E-state index in [2.05, 4.69) is 31.2 Å². The van der Waals surface area contributed by atoms with Crippen LogP contribution in [0.4, 0.5) is 4.39 Å². The van der Waals surface area contributed by atoms with Crippen LogP contribution in [0.25, 0.3) is 0 Å². The van der Waals surface area contributed by atoms with Crippen molar-refractivity contribution in [3.63, 3.8) is 0 Å². The molecule has 0 radical (unpaired) electrons. The Morgan fingerprint density at radius 3 is 1.96 bits per heavy atom. The maximum absolute atomic E-state index is 12.2. The van der Waals surface area contributed by atoms with E-state index in [1.807, 2.05) is 0 Å². The van der Waals surface area contributed by atoms with Gasteiger partial charge in [-0.15, -0.1) is 0 Å². The number of aryl methyl sites for hydroxylation is 1. The molecule has 0 aromatic heterocycles. The first-order chi connectivity index (χ1) is 13.8. The Balaban J connectivity index is 1.33. The molecule has 0 amide bonds. The molecule has 0 N–H and O–H groups in total. The van der Waals surface area contributed by atoms with Crippen LogP contribution in [0.15, 0.2) is 36.7 Å². The third kappa shape index (κ3) is 6.75. The average Bonchev–Trinajstić information content (AvgIpc) is 2.76. The van der Waals surface area contributed by atoms with Crippen molar-refractivity contribution < 1.29 is 4.39 Å². The van der Waals surface area contributed by atoms with Gasteiger partial charge in [0.15, 0.2) is 0 Å². The second kappa shape index (κ2) is 11.8. The quantitative estimate of drug-likeness (QED) is 0.399. The van der Waals surface area contributed by atoms with Gasteiger partial charge in [0, 0.05) is 0 Å². The molecular weight excluding hydrogens is 343 g/mol. The Bertz CT molecular complexity index is 556. The van der Waals surface area contributed by atoms with Crippen molar-refractivity contribution >= 4 is 0 Å². The summed E-state index contributed by atoms with van der Waals surface area (Å²) in [4.78, 5) is 0. The van der Waals surface area contributed by atoms with E-state index in [9.17, 15) is 4.39 Å². The highest BCUT2D eigenvalue weighted by Crippen LogP contribution is 2.40. The summed E-state index contributed by atoms with van der Waals surface area (Å²) in [6.07, 6.45) is 21.1. The van der Waals surface area contributed by atoms with Crippen molar-refractivity contribution in [3.05, 3.63) is 47.8 Å². The summed E-state index contributed by atoms with van der Waals surface area (Å²) in [5, 5.41) is 0. The lowest BCUT2D eigenvalue weighted by molar-refractivity contribution is 0.231. The third-order valence-corrected chi connectivity index (χ3v) is 7.62. The van der Waals surface area contributed by atoms with Crippen LogP contribution in [0, 0.1) is 17.8 Å². The van der Waals surface area contributed by atoms with Gasteiger partial charge in [-0.1, -0.05) is 69.4 Å². The van der Waals surface area contributed by atoms with Gasteiger partial charge in [-0.2, -0.15) is 0 Å². The summed E-state index contributed by atoms with van der Waals surface area (Å²) in [5.74, 6) is 3.45. The molecule has 0 heterocycles. The van der Waals surface area contributed by atoms with E-state index in [1.54, 1.807) is 11.6 Å². The lowest BCUT2D eigenvalue weighted by Crippen LogP contribution is -2.17. The average molecular weight is 385 g/mol. The molecule has 0 bridgehead atoms. The number of hydrogen-bond acceptors (Lipinski definition) is 0. The molecule has 1 aromatic carbocycles. The smallest absolute Gasteiger partial charge is 0.0827 e. The lowest BCUT2D eigenvalue weighted by atomic mass is 9.74. The zero-order chi connectivity index (χ0) is 19.6. The molecule has 0 nitrogen and oxygen atoms in total. The fourth-order valence-corrected chi connectivity index (χ4v) is 5.59. The van der Waals surface area contributed by atoms with Gasteiger partial charge in [0.2, 0.25) is 0 Å².